The molecule has 1 aliphatic carbocycles. The summed E-state index contributed by atoms with van der Waals surface area (Å²) in [4.78, 5) is 37.7. The van der Waals surface area contributed by atoms with Gasteiger partial charge in [0.15, 0.2) is 0 Å². The van der Waals surface area contributed by atoms with Crippen molar-refractivity contribution in [2.45, 2.75) is 58.0 Å². The number of thiophene rings is 1. The van der Waals surface area contributed by atoms with Gasteiger partial charge < -0.3 is 15.3 Å². The van der Waals surface area contributed by atoms with Crippen LogP contribution in [0.25, 0.3) is 15.7 Å². The molecule has 0 aromatic carbocycles. The normalized spacial score (nSPS) is 18.9. The van der Waals surface area contributed by atoms with Crippen molar-refractivity contribution in [3.05, 3.63) is 33.7 Å². The predicted molar refractivity (Wildman–Crippen MR) is 128 cm³/mol. The van der Waals surface area contributed by atoms with Crippen LogP contribution in [-0.4, -0.2) is 62.2 Å². The molecular formula is C23H31N5O4S. The van der Waals surface area contributed by atoms with Crippen LogP contribution >= 0.6 is 11.3 Å². The first-order valence-corrected chi connectivity index (χ1v) is 12.4. The minimum Gasteiger partial charge on any atom is -0.483 e. The van der Waals surface area contributed by atoms with Crippen LogP contribution in [0.5, 0.6) is 0 Å². The number of rotatable bonds is 6. The highest BCUT2D eigenvalue weighted by atomic mass is 32.1. The minimum atomic E-state index is -0.250. The van der Waals surface area contributed by atoms with E-state index in [4.69, 9.17) is 9.90 Å². The van der Waals surface area contributed by atoms with E-state index in [-0.39, 0.29) is 36.4 Å². The fraction of sp³-hybridized carbons (Fsp3) is 0.565. The molecule has 33 heavy (non-hydrogen) atoms. The summed E-state index contributed by atoms with van der Waals surface area (Å²) in [5.41, 5.74) is 0.383. The summed E-state index contributed by atoms with van der Waals surface area (Å²) in [6.07, 6.45) is 4.81. The number of carbonyl (C=O) groups excluding carboxylic acids is 1. The summed E-state index contributed by atoms with van der Waals surface area (Å²) in [5, 5.41) is 17.7. The van der Waals surface area contributed by atoms with Gasteiger partial charge in [0.05, 0.1) is 0 Å². The van der Waals surface area contributed by atoms with Crippen molar-refractivity contribution in [1.82, 2.24) is 24.4 Å². The average Bonchev–Trinajstić information content (AvgIpc) is 3.32. The van der Waals surface area contributed by atoms with Crippen molar-refractivity contribution in [2.24, 2.45) is 5.92 Å². The zero-order chi connectivity index (χ0) is 23.5. The number of nitrogens with one attached hydrogen (secondary N) is 1. The summed E-state index contributed by atoms with van der Waals surface area (Å²) >= 11 is 1.61. The molecule has 3 aromatic heterocycles. The standard InChI is InChI=1S/C22H29N5O2S.CH2O2/c1-14(2)20-24-26(21(29)18-10-16-7-9-30-22(16)27(18)20)13-19(28)23-17-4-3-8-25(12-17)11-15-5-6-15;2-1-3/h7,9-10,14-15,17H,3-6,8,11-13H2,1-2H3,(H,23,28);1H,(H,2,3)/t17-;/m1./s1. The maximum Gasteiger partial charge on any atom is 0.291 e. The zero-order valence-electron chi connectivity index (χ0n) is 19.1. The molecule has 3 aromatic rings. The Hall–Kier alpha value is -2.72. The molecule has 10 heteroatoms. The maximum absolute atomic E-state index is 13.1. The van der Waals surface area contributed by atoms with Gasteiger partial charge in [-0.3, -0.25) is 18.8 Å². The van der Waals surface area contributed by atoms with Crippen LogP contribution < -0.4 is 10.9 Å². The smallest absolute Gasteiger partial charge is 0.291 e. The van der Waals surface area contributed by atoms with E-state index >= 15 is 0 Å². The lowest BCUT2D eigenvalue weighted by Crippen LogP contribution is -2.49. The highest BCUT2D eigenvalue weighted by Crippen LogP contribution is 2.30. The Balaban J connectivity index is 0.000000821. The summed E-state index contributed by atoms with van der Waals surface area (Å²) in [7, 11) is 0. The summed E-state index contributed by atoms with van der Waals surface area (Å²) in [6, 6.07) is 4.09. The number of nitrogens with zero attached hydrogens (tertiary/aromatic N) is 4. The van der Waals surface area contributed by atoms with E-state index in [1.165, 1.54) is 17.5 Å². The van der Waals surface area contributed by atoms with Crippen LogP contribution in [0.15, 0.2) is 22.3 Å². The van der Waals surface area contributed by atoms with Gasteiger partial charge in [-0.25, -0.2) is 4.68 Å². The number of hydrogen-bond donors (Lipinski definition) is 2. The minimum absolute atomic E-state index is 0.0347. The van der Waals surface area contributed by atoms with Crippen LogP contribution in [0, 0.1) is 5.92 Å². The first-order chi connectivity index (χ1) is 15.9. The van der Waals surface area contributed by atoms with E-state index in [0.29, 0.717) is 5.52 Å². The highest BCUT2D eigenvalue weighted by Gasteiger charge is 2.28. The Morgan fingerprint density at radius 1 is 1.36 bits per heavy atom. The van der Waals surface area contributed by atoms with Crippen molar-refractivity contribution in [3.8, 4) is 0 Å². The molecule has 1 atom stereocenters. The zero-order valence-corrected chi connectivity index (χ0v) is 19.9. The SMILES string of the molecule is CC(C)c1nn(CC(=O)N[C@@H]2CCCN(CC3CC3)C2)c(=O)c2cc3ccsc3n12.O=CO. The maximum atomic E-state index is 13.1. The van der Waals surface area contributed by atoms with E-state index in [1.807, 2.05) is 21.9 Å². The number of carboxylic acid groups (broad SMARTS) is 1. The lowest BCUT2D eigenvalue weighted by molar-refractivity contribution is -0.123. The largest absolute Gasteiger partial charge is 0.483 e. The first-order valence-electron chi connectivity index (χ1n) is 11.5. The highest BCUT2D eigenvalue weighted by molar-refractivity contribution is 7.16. The third-order valence-electron chi connectivity index (χ3n) is 6.21. The van der Waals surface area contributed by atoms with Crippen molar-refractivity contribution < 1.29 is 14.7 Å². The van der Waals surface area contributed by atoms with Crippen LogP contribution in [0.4, 0.5) is 0 Å². The number of fused-ring (bicyclic) bond motifs is 3. The molecule has 1 saturated heterocycles. The summed E-state index contributed by atoms with van der Waals surface area (Å²) in [5.74, 6) is 1.67. The topological polar surface area (TPSA) is 109 Å². The number of aromatic nitrogens is 3. The van der Waals surface area contributed by atoms with Crippen molar-refractivity contribution >= 4 is 39.4 Å². The van der Waals surface area contributed by atoms with E-state index in [0.717, 1.165) is 54.4 Å². The Bertz CT molecular complexity index is 1190. The fourth-order valence-corrected chi connectivity index (χ4v) is 5.45. The molecule has 0 unspecified atom stereocenters. The third-order valence-corrected chi connectivity index (χ3v) is 7.12. The quantitative estimate of drug-likeness (QED) is 0.533. The number of amides is 1. The van der Waals surface area contributed by atoms with Crippen molar-refractivity contribution in [2.75, 3.05) is 19.6 Å². The monoisotopic (exact) mass is 473 g/mol. The molecule has 0 spiro atoms. The van der Waals surface area contributed by atoms with Crippen LogP contribution in [0.1, 0.15) is 51.3 Å². The van der Waals surface area contributed by atoms with Crippen LogP contribution in [0.2, 0.25) is 0 Å². The van der Waals surface area contributed by atoms with Gasteiger partial charge in [-0.15, -0.1) is 11.3 Å². The number of hydrogen-bond acceptors (Lipinski definition) is 6. The van der Waals surface area contributed by atoms with Gasteiger partial charge in [-0.05, 0) is 55.7 Å². The lowest BCUT2D eigenvalue weighted by atomic mass is 10.1. The van der Waals surface area contributed by atoms with E-state index in [1.54, 1.807) is 11.3 Å². The Kier molecular flexibility index (Phi) is 7.14. The third kappa shape index (κ3) is 5.27. The van der Waals surface area contributed by atoms with E-state index in [2.05, 4.69) is 29.2 Å². The molecule has 1 aliphatic heterocycles. The molecular weight excluding hydrogens is 442 g/mol. The molecule has 4 heterocycles. The summed E-state index contributed by atoms with van der Waals surface area (Å²) in [6.45, 7) is 7.04. The summed E-state index contributed by atoms with van der Waals surface area (Å²) < 4.78 is 3.30. The van der Waals surface area contributed by atoms with Crippen molar-refractivity contribution in [3.63, 3.8) is 0 Å². The fourth-order valence-electron chi connectivity index (χ4n) is 4.55. The van der Waals surface area contributed by atoms with Gasteiger partial charge in [-0.1, -0.05) is 13.8 Å². The molecule has 2 N–H and O–H groups in total. The Morgan fingerprint density at radius 2 is 2.12 bits per heavy atom. The molecule has 1 amide bonds. The Morgan fingerprint density at radius 3 is 2.82 bits per heavy atom. The second kappa shape index (κ2) is 10.0. The van der Waals surface area contributed by atoms with Gasteiger partial charge in [0.25, 0.3) is 12.0 Å². The van der Waals surface area contributed by atoms with Gasteiger partial charge in [-0.2, -0.15) is 5.10 Å². The average molecular weight is 474 g/mol. The van der Waals surface area contributed by atoms with Gasteiger partial charge in [0.1, 0.15) is 22.7 Å². The van der Waals surface area contributed by atoms with Crippen molar-refractivity contribution in [1.29, 1.82) is 0 Å². The number of likely N-dealkylation sites (tertiary alicyclic amines) is 1. The molecule has 2 fully saturated rings. The molecule has 178 valence electrons. The van der Waals surface area contributed by atoms with Gasteiger partial charge in [0.2, 0.25) is 5.91 Å². The Labute approximate surface area is 196 Å². The number of carbonyl (C=O) groups is 2. The molecule has 1 saturated carbocycles. The van der Waals surface area contributed by atoms with E-state index < -0.39 is 0 Å². The lowest BCUT2D eigenvalue weighted by Gasteiger charge is -2.33. The molecule has 0 bridgehead atoms. The van der Waals surface area contributed by atoms with Crippen LogP contribution in [-0.2, 0) is 16.1 Å². The first kappa shape index (κ1) is 23.4. The van der Waals surface area contributed by atoms with Gasteiger partial charge >= 0.3 is 0 Å². The second-order valence-electron chi connectivity index (χ2n) is 9.24. The van der Waals surface area contributed by atoms with E-state index in [9.17, 15) is 9.59 Å². The molecule has 5 rings (SSSR count). The molecule has 9 nitrogen and oxygen atoms in total. The molecule has 0 radical (unpaired) electrons. The second-order valence-corrected chi connectivity index (χ2v) is 10.1. The predicted octanol–water partition coefficient (Wildman–Crippen LogP) is 2.53. The molecule has 2 aliphatic rings. The number of piperidine rings is 1. The van der Waals surface area contributed by atoms with Gasteiger partial charge in [0, 0.05) is 30.4 Å². The van der Waals surface area contributed by atoms with Crippen LogP contribution in [0.3, 0.4) is 0 Å².